The molecule has 0 unspecified atom stereocenters. The lowest BCUT2D eigenvalue weighted by Crippen LogP contribution is -2.13. The lowest BCUT2D eigenvalue weighted by Gasteiger charge is -2.26. The Morgan fingerprint density at radius 3 is 1.12 bits per heavy atom. The first-order chi connectivity index (χ1) is 32.6. The molecule has 0 saturated carbocycles. The molecule has 0 aliphatic carbocycles. The van der Waals surface area contributed by atoms with E-state index in [0.29, 0.717) is 11.1 Å². The predicted octanol–water partition coefficient (Wildman–Crippen LogP) is 15.3. The van der Waals surface area contributed by atoms with E-state index in [0.717, 1.165) is 105 Å². The number of rotatable bonds is 5. The average molecular weight is 861 g/mol. The summed E-state index contributed by atoms with van der Waals surface area (Å²) in [6.45, 7) is 12.9. The molecule has 0 atom stereocenters. The highest BCUT2D eigenvalue weighted by Gasteiger charge is 2.31. The number of hydrogen-bond acceptors (Lipinski definition) is 3. The van der Waals surface area contributed by atoms with Gasteiger partial charge in [-0.25, -0.2) is 4.98 Å². The monoisotopic (exact) mass is 860 g/mol. The second-order valence-electron chi connectivity index (χ2n) is 18.3. The molecule has 0 bridgehead atoms. The lowest BCUT2D eigenvalue weighted by molar-refractivity contribution is 1.01. The third-order valence-corrected chi connectivity index (χ3v) is 13.6. The summed E-state index contributed by atoms with van der Waals surface area (Å²) in [4.78, 5) is 6.11. The van der Waals surface area contributed by atoms with Crippen molar-refractivity contribution in [3.05, 3.63) is 202 Å². The second-order valence-corrected chi connectivity index (χ2v) is 18.3. The number of benzene rings is 8. The molecule has 0 aliphatic heterocycles. The number of nitrogens with zero attached hydrogens (tertiary/aromatic N) is 6. The number of hydrogen-bond donors (Lipinski definition) is 0. The third-order valence-electron chi connectivity index (χ3n) is 13.6. The Hall–Kier alpha value is -8.71. The maximum Gasteiger partial charge on any atom is 0.163 e. The summed E-state index contributed by atoms with van der Waals surface area (Å²) in [6, 6.07) is 61.1. The molecule has 0 saturated heterocycles. The maximum atomic E-state index is 10.8. The van der Waals surface area contributed by atoms with Crippen LogP contribution in [0.4, 0.5) is 0 Å². The van der Waals surface area contributed by atoms with Crippen molar-refractivity contribution in [3.8, 4) is 51.7 Å². The van der Waals surface area contributed by atoms with Gasteiger partial charge < -0.3 is 9.13 Å². The molecular weight excluding hydrogens is 817 g/mol. The van der Waals surface area contributed by atoms with E-state index in [1.807, 2.05) is 18.2 Å². The average Bonchev–Trinajstić information content (AvgIpc) is 3.94. The number of nitriles is 2. The Bertz CT molecular complexity index is 4000. The fraction of sp³-hybridized carbons (Fsp3) is 0.0984. The molecule has 0 N–H and O–H groups in total. The maximum absolute atomic E-state index is 10.8. The van der Waals surface area contributed by atoms with E-state index in [1.165, 1.54) is 33.4 Å². The molecule has 4 aromatic heterocycles. The Morgan fingerprint density at radius 2 is 0.731 bits per heavy atom. The molecule has 8 aromatic carbocycles. The molecule has 4 heterocycles. The van der Waals surface area contributed by atoms with Crippen LogP contribution in [0.1, 0.15) is 44.5 Å². The summed E-state index contributed by atoms with van der Waals surface area (Å²) in [5.41, 5.74) is 19.0. The summed E-state index contributed by atoms with van der Waals surface area (Å²) >= 11 is 0. The van der Waals surface area contributed by atoms with Gasteiger partial charge in [0.05, 0.1) is 61.3 Å². The number of aromatic nitrogens is 4. The van der Waals surface area contributed by atoms with Crippen molar-refractivity contribution in [1.29, 1.82) is 10.5 Å². The van der Waals surface area contributed by atoms with Crippen LogP contribution in [0.2, 0.25) is 0 Å². The standard InChI is InChI=1S/C61H44N6/c1-35-12-20-51-45(26-35)46-27-36(2)13-21-52(46)65(51)59-57(42-18-19-43(33-62)44(32-42)34-63)60(66-53-22-14-37(3)28-47(53)48-29-38(4)15-23-54(48)66)61(64-58(59)41-10-8-7-9-11-41)67-55-24-16-39(5)30-49(55)50-31-40(6)17-25-56(50)67/h7-32H,1-6H3. The molecule has 0 fully saturated rings. The van der Waals surface area contributed by atoms with Gasteiger partial charge in [0.1, 0.15) is 12.1 Å². The van der Waals surface area contributed by atoms with Crippen LogP contribution in [0.15, 0.2) is 158 Å². The second kappa shape index (κ2) is 14.9. The first kappa shape index (κ1) is 39.8. The highest BCUT2D eigenvalue weighted by Crippen LogP contribution is 2.49. The van der Waals surface area contributed by atoms with Crippen LogP contribution in [0.3, 0.4) is 0 Å². The summed E-state index contributed by atoms with van der Waals surface area (Å²) in [5, 5.41) is 28.0. The van der Waals surface area contributed by atoms with Gasteiger partial charge in [0, 0.05) is 43.4 Å². The highest BCUT2D eigenvalue weighted by atomic mass is 15.1. The Kier molecular flexibility index (Phi) is 8.88. The minimum atomic E-state index is 0.307. The van der Waals surface area contributed by atoms with Crippen molar-refractivity contribution >= 4 is 65.4 Å². The van der Waals surface area contributed by atoms with Crippen molar-refractivity contribution in [3.63, 3.8) is 0 Å². The van der Waals surface area contributed by atoms with Gasteiger partial charge in [-0.2, -0.15) is 10.5 Å². The minimum absolute atomic E-state index is 0.307. The van der Waals surface area contributed by atoms with E-state index >= 15 is 0 Å². The predicted molar refractivity (Wildman–Crippen MR) is 276 cm³/mol. The van der Waals surface area contributed by atoms with Gasteiger partial charge >= 0.3 is 0 Å². The Balaban J connectivity index is 1.43. The molecule has 12 aromatic rings. The number of fused-ring (bicyclic) bond motifs is 9. The molecule has 318 valence electrons. The smallest absolute Gasteiger partial charge is 0.163 e. The van der Waals surface area contributed by atoms with Crippen molar-refractivity contribution in [2.75, 3.05) is 0 Å². The van der Waals surface area contributed by atoms with Crippen molar-refractivity contribution in [1.82, 2.24) is 18.7 Å². The quantitative estimate of drug-likeness (QED) is 0.173. The zero-order valence-corrected chi connectivity index (χ0v) is 38.2. The molecule has 67 heavy (non-hydrogen) atoms. The van der Waals surface area contributed by atoms with Crippen LogP contribution in [0, 0.1) is 64.2 Å². The minimum Gasteiger partial charge on any atom is -0.306 e. The molecule has 6 nitrogen and oxygen atoms in total. The van der Waals surface area contributed by atoms with E-state index in [9.17, 15) is 10.5 Å². The summed E-state index contributed by atoms with van der Waals surface area (Å²) in [5.74, 6) is 0.737. The van der Waals surface area contributed by atoms with E-state index in [2.05, 4.69) is 201 Å². The van der Waals surface area contributed by atoms with Gasteiger partial charge in [0.25, 0.3) is 0 Å². The molecule has 0 spiro atoms. The molecule has 12 rings (SSSR count). The molecular formula is C61H44N6. The topological polar surface area (TPSA) is 75.3 Å². The van der Waals surface area contributed by atoms with Crippen molar-refractivity contribution in [2.45, 2.75) is 41.5 Å². The van der Waals surface area contributed by atoms with Crippen molar-refractivity contribution in [2.24, 2.45) is 0 Å². The summed E-state index contributed by atoms with van der Waals surface area (Å²) < 4.78 is 7.16. The SMILES string of the molecule is Cc1ccc2c(c1)c1cc(C)ccc1n2-c1nc(-c2ccccc2)c(-n2c3ccc(C)cc3c3cc(C)ccc32)c(-c2ccc(C#N)c(C#N)c2)c1-n1c2ccc(C)cc2c2cc(C)ccc21. The Morgan fingerprint density at radius 1 is 0.358 bits per heavy atom. The number of aryl methyl sites for hydroxylation is 6. The summed E-state index contributed by atoms with van der Waals surface area (Å²) in [7, 11) is 0. The van der Waals surface area contributed by atoms with Gasteiger partial charge in [-0.15, -0.1) is 0 Å². The normalized spacial score (nSPS) is 11.7. The van der Waals surface area contributed by atoms with E-state index in [4.69, 9.17) is 4.98 Å². The van der Waals surface area contributed by atoms with Crippen LogP contribution in [-0.2, 0) is 0 Å². The zero-order chi connectivity index (χ0) is 45.8. The van der Waals surface area contributed by atoms with E-state index in [1.54, 1.807) is 6.07 Å². The Labute approximate surface area is 388 Å². The van der Waals surface area contributed by atoms with E-state index < -0.39 is 0 Å². The van der Waals surface area contributed by atoms with Crippen LogP contribution in [0.25, 0.3) is 105 Å². The van der Waals surface area contributed by atoms with Gasteiger partial charge in [0.2, 0.25) is 0 Å². The van der Waals surface area contributed by atoms with Crippen molar-refractivity contribution < 1.29 is 0 Å². The lowest BCUT2D eigenvalue weighted by atomic mass is 9.94. The van der Waals surface area contributed by atoms with Crippen LogP contribution < -0.4 is 0 Å². The zero-order valence-electron chi connectivity index (χ0n) is 38.2. The van der Waals surface area contributed by atoms with Gasteiger partial charge in [-0.1, -0.05) is 106 Å². The first-order valence-corrected chi connectivity index (χ1v) is 22.7. The van der Waals surface area contributed by atoms with Gasteiger partial charge in [0.15, 0.2) is 5.82 Å². The number of pyridine rings is 1. The molecule has 0 radical (unpaired) electrons. The molecule has 6 heteroatoms. The molecule has 0 amide bonds. The van der Waals surface area contributed by atoms with Crippen LogP contribution in [-0.4, -0.2) is 18.7 Å². The van der Waals surface area contributed by atoms with Gasteiger partial charge in [-0.05, 0) is 132 Å². The first-order valence-electron chi connectivity index (χ1n) is 22.7. The third kappa shape index (κ3) is 6.04. The van der Waals surface area contributed by atoms with Crippen LogP contribution in [0.5, 0.6) is 0 Å². The highest BCUT2D eigenvalue weighted by molar-refractivity contribution is 6.15. The fourth-order valence-electron chi connectivity index (χ4n) is 10.6. The summed E-state index contributed by atoms with van der Waals surface area (Å²) in [6.07, 6.45) is 0. The van der Waals surface area contributed by atoms with E-state index in [-0.39, 0.29) is 0 Å². The fourth-order valence-corrected chi connectivity index (χ4v) is 10.6. The molecule has 0 aliphatic rings. The largest absolute Gasteiger partial charge is 0.306 e. The van der Waals surface area contributed by atoms with Gasteiger partial charge in [-0.3, -0.25) is 4.57 Å². The van der Waals surface area contributed by atoms with Crippen LogP contribution >= 0.6 is 0 Å².